The molecular formula is C8H12N2OS. The molecule has 1 heterocycles. The number of carbonyl (C=O) groups is 1. The number of amides is 1. The molecule has 1 rings (SSSR count). The Bertz CT molecular complexity index is 212. The van der Waals surface area contributed by atoms with Gasteiger partial charge in [0, 0.05) is 24.1 Å². The number of hydrogen-bond donors (Lipinski definition) is 0. The number of rotatable bonds is 1. The van der Waals surface area contributed by atoms with Crippen molar-refractivity contribution in [3.63, 3.8) is 0 Å². The number of carbonyl (C=O) groups excluding carboxylic acids is 1. The molecule has 0 aromatic heterocycles. The molecule has 0 aromatic rings. The highest BCUT2D eigenvalue weighted by Gasteiger charge is 2.20. The molecule has 0 bridgehead atoms. The molecule has 0 radical (unpaired) electrons. The van der Waals surface area contributed by atoms with Crippen molar-refractivity contribution in [2.45, 2.75) is 18.6 Å². The van der Waals surface area contributed by atoms with Crippen LogP contribution in [0.3, 0.4) is 0 Å². The van der Waals surface area contributed by atoms with Crippen LogP contribution >= 0.6 is 11.8 Å². The molecule has 0 aromatic carbocycles. The van der Waals surface area contributed by atoms with Crippen molar-refractivity contribution < 1.29 is 4.79 Å². The van der Waals surface area contributed by atoms with Gasteiger partial charge < -0.3 is 4.90 Å². The highest BCUT2D eigenvalue weighted by atomic mass is 32.2. The summed E-state index contributed by atoms with van der Waals surface area (Å²) in [6, 6.07) is 1.88. The summed E-state index contributed by atoms with van der Waals surface area (Å²) in [6.07, 6.45) is 0.0252. The summed E-state index contributed by atoms with van der Waals surface area (Å²) >= 11 is 1.88. The zero-order valence-corrected chi connectivity index (χ0v) is 7.93. The molecule has 1 amide bonds. The van der Waals surface area contributed by atoms with Crippen LogP contribution in [0.1, 0.15) is 13.3 Å². The standard InChI is InChI=1S/C8H12N2OS/c1-7-6-10(4-5-12-7)8(11)2-3-9/h7H,2,4-6H2,1H3. The highest BCUT2D eigenvalue weighted by Crippen LogP contribution is 2.17. The van der Waals surface area contributed by atoms with Crippen molar-refractivity contribution in [3.05, 3.63) is 0 Å². The normalized spacial score (nSPS) is 23.3. The van der Waals surface area contributed by atoms with Crippen molar-refractivity contribution in [2.75, 3.05) is 18.8 Å². The van der Waals surface area contributed by atoms with E-state index < -0.39 is 0 Å². The average Bonchev–Trinajstić information content (AvgIpc) is 2.05. The molecule has 1 fully saturated rings. The fraction of sp³-hybridized carbons (Fsp3) is 0.750. The minimum atomic E-state index is -0.0235. The van der Waals surface area contributed by atoms with Gasteiger partial charge in [-0.25, -0.2) is 0 Å². The van der Waals surface area contributed by atoms with E-state index in [1.807, 2.05) is 17.8 Å². The molecule has 0 spiro atoms. The van der Waals surface area contributed by atoms with Crippen molar-refractivity contribution in [1.29, 1.82) is 5.26 Å². The minimum absolute atomic E-state index is 0.0235. The highest BCUT2D eigenvalue weighted by molar-refractivity contribution is 7.99. The van der Waals surface area contributed by atoms with Gasteiger partial charge in [0.05, 0.1) is 6.07 Å². The molecular weight excluding hydrogens is 172 g/mol. The van der Waals surface area contributed by atoms with Crippen LogP contribution in [0, 0.1) is 11.3 Å². The summed E-state index contributed by atoms with van der Waals surface area (Å²) in [4.78, 5) is 13.0. The van der Waals surface area contributed by atoms with E-state index in [9.17, 15) is 4.79 Å². The van der Waals surface area contributed by atoms with Gasteiger partial charge in [-0.05, 0) is 0 Å². The maximum absolute atomic E-state index is 11.2. The topological polar surface area (TPSA) is 44.1 Å². The number of thioether (sulfide) groups is 1. The van der Waals surface area contributed by atoms with E-state index in [0.29, 0.717) is 5.25 Å². The zero-order chi connectivity index (χ0) is 8.97. The summed E-state index contributed by atoms with van der Waals surface area (Å²) < 4.78 is 0. The lowest BCUT2D eigenvalue weighted by Gasteiger charge is -2.29. The van der Waals surface area contributed by atoms with Crippen LogP contribution in [0.2, 0.25) is 0 Å². The van der Waals surface area contributed by atoms with E-state index in [1.165, 1.54) is 0 Å². The third kappa shape index (κ3) is 2.42. The van der Waals surface area contributed by atoms with Gasteiger partial charge in [-0.15, -0.1) is 0 Å². The summed E-state index contributed by atoms with van der Waals surface area (Å²) in [7, 11) is 0. The Morgan fingerprint density at radius 3 is 3.17 bits per heavy atom. The third-order valence-corrected chi connectivity index (χ3v) is 2.96. The van der Waals surface area contributed by atoms with Crippen LogP contribution in [-0.4, -0.2) is 34.9 Å². The van der Waals surface area contributed by atoms with Gasteiger partial charge in [0.2, 0.25) is 5.91 Å². The zero-order valence-electron chi connectivity index (χ0n) is 7.12. The molecule has 0 aliphatic carbocycles. The summed E-state index contributed by atoms with van der Waals surface area (Å²) in [5, 5.41) is 8.85. The quantitative estimate of drug-likeness (QED) is 0.607. The molecule has 1 aliphatic heterocycles. The van der Waals surface area contributed by atoms with Crippen LogP contribution in [0.25, 0.3) is 0 Å². The van der Waals surface area contributed by atoms with Crippen LogP contribution in [0.4, 0.5) is 0 Å². The lowest BCUT2D eigenvalue weighted by Crippen LogP contribution is -2.40. The predicted molar refractivity (Wildman–Crippen MR) is 48.7 cm³/mol. The minimum Gasteiger partial charge on any atom is -0.340 e. The Morgan fingerprint density at radius 2 is 2.58 bits per heavy atom. The van der Waals surface area contributed by atoms with E-state index in [2.05, 4.69) is 6.92 Å². The summed E-state index contributed by atoms with van der Waals surface area (Å²) in [5.74, 6) is 0.975. The molecule has 0 saturated carbocycles. The number of hydrogen-bond acceptors (Lipinski definition) is 3. The third-order valence-electron chi connectivity index (χ3n) is 1.82. The van der Waals surface area contributed by atoms with Crippen LogP contribution in [0.15, 0.2) is 0 Å². The molecule has 1 saturated heterocycles. The predicted octanol–water partition coefficient (Wildman–Crippen LogP) is 0.864. The van der Waals surface area contributed by atoms with Gasteiger partial charge in [0.15, 0.2) is 0 Å². The first-order chi connectivity index (χ1) is 5.74. The average molecular weight is 184 g/mol. The Morgan fingerprint density at radius 1 is 1.83 bits per heavy atom. The summed E-state index contributed by atoms with van der Waals surface area (Å²) in [6.45, 7) is 3.71. The first-order valence-electron chi connectivity index (χ1n) is 4.00. The summed E-state index contributed by atoms with van der Waals surface area (Å²) in [5.41, 5.74) is 0. The molecule has 1 atom stereocenters. The first-order valence-corrected chi connectivity index (χ1v) is 5.05. The Balaban J connectivity index is 2.41. The second-order valence-corrected chi connectivity index (χ2v) is 4.40. The lowest BCUT2D eigenvalue weighted by atomic mass is 10.3. The van der Waals surface area contributed by atoms with Crippen molar-refractivity contribution in [2.24, 2.45) is 0 Å². The number of nitrogens with zero attached hydrogens (tertiary/aromatic N) is 2. The van der Waals surface area contributed by atoms with E-state index in [4.69, 9.17) is 5.26 Å². The maximum atomic E-state index is 11.2. The van der Waals surface area contributed by atoms with Crippen molar-refractivity contribution in [1.82, 2.24) is 4.90 Å². The number of nitriles is 1. The van der Waals surface area contributed by atoms with Gasteiger partial charge in [0.25, 0.3) is 0 Å². The van der Waals surface area contributed by atoms with Crippen molar-refractivity contribution in [3.8, 4) is 6.07 Å². The molecule has 12 heavy (non-hydrogen) atoms. The van der Waals surface area contributed by atoms with Gasteiger partial charge in [-0.3, -0.25) is 4.79 Å². The largest absolute Gasteiger partial charge is 0.340 e. The monoisotopic (exact) mass is 184 g/mol. The van der Waals surface area contributed by atoms with Gasteiger partial charge >= 0.3 is 0 Å². The second kappa shape index (κ2) is 4.36. The van der Waals surface area contributed by atoms with Crippen molar-refractivity contribution >= 4 is 17.7 Å². The molecule has 1 aliphatic rings. The molecule has 3 nitrogen and oxygen atoms in total. The maximum Gasteiger partial charge on any atom is 0.236 e. The van der Waals surface area contributed by atoms with E-state index in [0.717, 1.165) is 18.8 Å². The fourth-order valence-electron chi connectivity index (χ4n) is 1.22. The second-order valence-electron chi connectivity index (χ2n) is 2.86. The molecule has 0 N–H and O–H groups in total. The smallest absolute Gasteiger partial charge is 0.236 e. The Labute approximate surface area is 76.7 Å². The van der Waals surface area contributed by atoms with E-state index in [-0.39, 0.29) is 12.3 Å². The van der Waals surface area contributed by atoms with Gasteiger partial charge in [-0.1, -0.05) is 6.92 Å². The van der Waals surface area contributed by atoms with Crippen LogP contribution in [-0.2, 0) is 4.79 Å². The van der Waals surface area contributed by atoms with E-state index in [1.54, 1.807) is 4.90 Å². The first kappa shape index (κ1) is 9.40. The molecule has 4 heteroatoms. The van der Waals surface area contributed by atoms with Gasteiger partial charge in [-0.2, -0.15) is 17.0 Å². The molecule has 1 unspecified atom stereocenters. The SMILES string of the molecule is CC1CN(C(=O)CC#N)CCS1. The Kier molecular flexibility index (Phi) is 3.42. The van der Waals surface area contributed by atoms with E-state index >= 15 is 0 Å². The fourth-order valence-corrected chi connectivity index (χ4v) is 2.24. The van der Waals surface area contributed by atoms with Crippen LogP contribution in [0.5, 0.6) is 0 Å². The lowest BCUT2D eigenvalue weighted by molar-refractivity contribution is -0.130. The van der Waals surface area contributed by atoms with Crippen LogP contribution < -0.4 is 0 Å². The Hall–Kier alpha value is -0.690. The van der Waals surface area contributed by atoms with Gasteiger partial charge in [0.1, 0.15) is 6.42 Å². The molecule has 66 valence electrons.